The van der Waals surface area contributed by atoms with Gasteiger partial charge in [0.25, 0.3) is 0 Å². The normalized spacial score (nSPS) is 11.0. The van der Waals surface area contributed by atoms with Crippen molar-refractivity contribution in [3.05, 3.63) is 101 Å². The van der Waals surface area contributed by atoms with Crippen molar-refractivity contribution >= 4 is 0 Å². The summed E-state index contributed by atoms with van der Waals surface area (Å²) in [5, 5.41) is 10.5. The molecule has 25 heavy (non-hydrogen) atoms. The summed E-state index contributed by atoms with van der Waals surface area (Å²) in [6.45, 7) is 6.70. The lowest BCUT2D eigenvalue weighted by atomic mass is 10.0. The van der Waals surface area contributed by atoms with E-state index >= 15 is 0 Å². The number of phenols is 1. The molecule has 2 nitrogen and oxygen atoms in total. The molecule has 0 heterocycles. The van der Waals surface area contributed by atoms with Crippen LogP contribution in [0.15, 0.2) is 72.8 Å². The minimum absolute atomic E-state index is 0.443. The van der Waals surface area contributed by atoms with Crippen LogP contribution in [0.5, 0.6) is 5.75 Å². The van der Waals surface area contributed by atoms with Crippen molar-refractivity contribution in [3.8, 4) is 5.75 Å². The Balaban J connectivity index is 1.84. The zero-order valence-electron chi connectivity index (χ0n) is 15.0. The summed E-state index contributed by atoms with van der Waals surface area (Å²) in [6.07, 6.45) is 0. The summed E-state index contributed by atoms with van der Waals surface area (Å²) in [5.74, 6) is 0.443. The minimum atomic E-state index is 0.443. The van der Waals surface area contributed by atoms with Gasteiger partial charge in [0, 0.05) is 16.7 Å². The van der Waals surface area contributed by atoms with E-state index in [1.54, 1.807) is 0 Å². The van der Waals surface area contributed by atoms with Crippen LogP contribution < -0.4 is 4.90 Å². The molecule has 0 fully saturated rings. The number of rotatable bonds is 6. The molecular formula is C23H26NO+. The van der Waals surface area contributed by atoms with Crippen molar-refractivity contribution in [3.63, 3.8) is 0 Å². The van der Waals surface area contributed by atoms with E-state index in [-0.39, 0.29) is 0 Å². The highest BCUT2D eigenvalue weighted by atomic mass is 16.3. The average molecular weight is 332 g/mol. The molecule has 3 aromatic carbocycles. The van der Waals surface area contributed by atoms with Gasteiger partial charge in [-0.05, 0) is 31.0 Å². The quantitative estimate of drug-likeness (QED) is 0.705. The molecule has 0 atom stereocenters. The monoisotopic (exact) mass is 332 g/mol. The largest absolute Gasteiger partial charge is 0.507 e. The number of benzene rings is 3. The molecule has 2 N–H and O–H groups in total. The topological polar surface area (TPSA) is 24.7 Å². The fraction of sp³-hybridized carbons (Fsp3) is 0.217. The Morgan fingerprint density at radius 1 is 0.680 bits per heavy atom. The average Bonchev–Trinajstić information content (AvgIpc) is 2.64. The van der Waals surface area contributed by atoms with Gasteiger partial charge in [-0.1, -0.05) is 66.7 Å². The van der Waals surface area contributed by atoms with Crippen LogP contribution in [-0.4, -0.2) is 5.11 Å². The summed E-state index contributed by atoms with van der Waals surface area (Å²) >= 11 is 0. The number of phenolic OH excluding ortho intramolecular Hbond substituents is 1. The maximum atomic E-state index is 10.5. The molecule has 0 amide bonds. The van der Waals surface area contributed by atoms with Crippen molar-refractivity contribution in [1.82, 2.24) is 0 Å². The summed E-state index contributed by atoms with van der Waals surface area (Å²) < 4.78 is 0. The van der Waals surface area contributed by atoms with Crippen LogP contribution in [0.3, 0.4) is 0 Å². The Bertz CT molecular complexity index is 771. The molecule has 0 aliphatic rings. The maximum absolute atomic E-state index is 10.5. The number of nitrogens with one attached hydrogen (secondary N) is 1. The van der Waals surface area contributed by atoms with E-state index in [0.29, 0.717) is 5.75 Å². The third-order valence-electron chi connectivity index (χ3n) is 4.82. The molecule has 0 radical (unpaired) electrons. The molecule has 0 spiro atoms. The highest BCUT2D eigenvalue weighted by Crippen LogP contribution is 2.24. The maximum Gasteiger partial charge on any atom is 0.127 e. The lowest BCUT2D eigenvalue weighted by molar-refractivity contribution is -0.941. The molecule has 3 aromatic rings. The number of hydrogen-bond donors (Lipinski definition) is 2. The van der Waals surface area contributed by atoms with E-state index in [2.05, 4.69) is 72.8 Å². The second kappa shape index (κ2) is 8.00. The van der Waals surface area contributed by atoms with Crippen molar-refractivity contribution < 1.29 is 10.0 Å². The first kappa shape index (κ1) is 17.2. The fourth-order valence-corrected chi connectivity index (χ4v) is 3.23. The standard InChI is InChI=1S/C23H25NO/c1-18-13-14-22(23(25)19(18)2)17-24(15-20-9-5-3-6-10-20)16-21-11-7-4-8-12-21/h3-14,25H,15-17H2,1-2H3/p+1. The van der Waals surface area contributed by atoms with E-state index < -0.39 is 0 Å². The molecule has 0 unspecified atom stereocenters. The van der Waals surface area contributed by atoms with Gasteiger partial charge in [0.1, 0.15) is 25.4 Å². The van der Waals surface area contributed by atoms with Gasteiger partial charge in [-0.25, -0.2) is 0 Å². The van der Waals surface area contributed by atoms with E-state index in [4.69, 9.17) is 0 Å². The Labute approximate surface area is 150 Å². The van der Waals surface area contributed by atoms with Gasteiger partial charge in [0.15, 0.2) is 0 Å². The second-order valence-corrected chi connectivity index (χ2v) is 6.77. The van der Waals surface area contributed by atoms with Crippen molar-refractivity contribution in [1.29, 1.82) is 0 Å². The molecule has 0 saturated heterocycles. The summed E-state index contributed by atoms with van der Waals surface area (Å²) in [5.41, 5.74) is 5.77. The molecule has 2 heteroatoms. The Morgan fingerprint density at radius 3 is 1.72 bits per heavy atom. The first-order valence-corrected chi connectivity index (χ1v) is 8.83. The zero-order chi connectivity index (χ0) is 17.6. The van der Waals surface area contributed by atoms with Crippen LogP contribution >= 0.6 is 0 Å². The third-order valence-corrected chi connectivity index (χ3v) is 4.82. The van der Waals surface area contributed by atoms with Crippen molar-refractivity contribution in [2.45, 2.75) is 33.5 Å². The van der Waals surface area contributed by atoms with Gasteiger partial charge < -0.3 is 10.0 Å². The lowest BCUT2D eigenvalue weighted by Gasteiger charge is -2.21. The first-order valence-electron chi connectivity index (χ1n) is 8.83. The molecule has 3 rings (SSSR count). The summed E-state index contributed by atoms with van der Waals surface area (Å²) in [6, 6.07) is 25.3. The zero-order valence-corrected chi connectivity index (χ0v) is 15.0. The summed E-state index contributed by atoms with van der Waals surface area (Å²) in [4.78, 5) is 1.41. The van der Waals surface area contributed by atoms with Crippen LogP contribution in [0.25, 0.3) is 0 Å². The SMILES string of the molecule is Cc1ccc(C[NH+](Cc2ccccc2)Cc2ccccc2)c(O)c1C. The smallest absolute Gasteiger partial charge is 0.127 e. The minimum Gasteiger partial charge on any atom is -0.507 e. The van der Waals surface area contributed by atoms with Crippen molar-refractivity contribution in [2.24, 2.45) is 0 Å². The van der Waals surface area contributed by atoms with Gasteiger partial charge >= 0.3 is 0 Å². The highest BCUT2D eigenvalue weighted by molar-refractivity contribution is 5.43. The van der Waals surface area contributed by atoms with Gasteiger partial charge in [-0.2, -0.15) is 0 Å². The Morgan fingerprint density at radius 2 is 1.20 bits per heavy atom. The van der Waals surface area contributed by atoms with E-state index in [1.807, 2.05) is 13.8 Å². The number of aryl methyl sites for hydroxylation is 1. The molecule has 0 aliphatic carbocycles. The van der Waals surface area contributed by atoms with Crippen LogP contribution in [0.1, 0.15) is 27.8 Å². The van der Waals surface area contributed by atoms with Crippen LogP contribution in [-0.2, 0) is 19.6 Å². The lowest BCUT2D eigenvalue weighted by Crippen LogP contribution is -3.08. The predicted octanol–water partition coefficient (Wildman–Crippen LogP) is 3.79. The molecule has 0 saturated carbocycles. The Kier molecular flexibility index (Phi) is 5.52. The highest BCUT2D eigenvalue weighted by Gasteiger charge is 2.16. The van der Waals surface area contributed by atoms with Crippen LogP contribution in [0.4, 0.5) is 0 Å². The predicted molar refractivity (Wildman–Crippen MR) is 103 cm³/mol. The van der Waals surface area contributed by atoms with E-state index in [0.717, 1.165) is 36.3 Å². The van der Waals surface area contributed by atoms with Crippen LogP contribution in [0.2, 0.25) is 0 Å². The number of quaternary nitrogens is 1. The van der Waals surface area contributed by atoms with Gasteiger partial charge in [0.2, 0.25) is 0 Å². The van der Waals surface area contributed by atoms with Crippen LogP contribution in [0, 0.1) is 13.8 Å². The van der Waals surface area contributed by atoms with E-state index in [9.17, 15) is 5.11 Å². The molecular weight excluding hydrogens is 306 g/mol. The molecule has 0 aromatic heterocycles. The molecule has 0 bridgehead atoms. The second-order valence-electron chi connectivity index (χ2n) is 6.77. The third kappa shape index (κ3) is 4.49. The van der Waals surface area contributed by atoms with Gasteiger partial charge in [-0.15, -0.1) is 0 Å². The first-order chi connectivity index (χ1) is 12.1. The van der Waals surface area contributed by atoms with E-state index in [1.165, 1.54) is 16.0 Å². The van der Waals surface area contributed by atoms with Gasteiger partial charge in [0.05, 0.1) is 0 Å². The molecule has 128 valence electrons. The number of aromatic hydroxyl groups is 1. The van der Waals surface area contributed by atoms with Crippen molar-refractivity contribution in [2.75, 3.05) is 0 Å². The molecule has 0 aliphatic heterocycles. The Hall–Kier alpha value is -2.58. The number of hydrogen-bond acceptors (Lipinski definition) is 1. The summed E-state index contributed by atoms with van der Waals surface area (Å²) in [7, 11) is 0. The fourth-order valence-electron chi connectivity index (χ4n) is 3.23. The van der Waals surface area contributed by atoms with Gasteiger partial charge in [-0.3, -0.25) is 0 Å².